The predicted octanol–water partition coefficient (Wildman–Crippen LogP) is 4.01. The van der Waals surface area contributed by atoms with E-state index in [2.05, 4.69) is 13.3 Å². The largest absolute Gasteiger partial charge is 0.550 e. The smallest absolute Gasteiger partial charge is 0.101 e. The molecule has 0 bridgehead atoms. The number of rotatable bonds is 10. The first-order valence-electron chi connectivity index (χ1n) is 7.93. The maximum absolute atomic E-state index is 9.00. The molecule has 2 heterocycles. The number of aliphatic hydroxyl groups excluding tert-OH is 1. The second-order valence-electron chi connectivity index (χ2n) is 4.99. The van der Waals surface area contributed by atoms with Crippen LogP contribution in [0.3, 0.4) is 0 Å². The van der Waals surface area contributed by atoms with Crippen LogP contribution in [0.4, 0.5) is 0 Å². The predicted molar refractivity (Wildman–Crippen MR) is 100.0 cm³/mol. The minimum absolute atomic E-state index is 0. The van der Waals surface area contributed by atoms with Gasteiger partial charge in [0.2, 0.25) is 0 Å². The molecule has 0 aromatic rings. The molecule has 2 fully saturated rings. The zero-order valence-corrected chi connectivity index (χ0v) is 21.2. The van der Waals surface area contributed by atoms with Crippen LogP contribution < -0.4 is 0 Å². The summed E-state index contributed by atoms with van der Waals surface area (Å²) in [6.07, 6.45) is 6.55. The molecule has 2 radical (unpaired) electrons. The van der Waals surface area contributed by atoms with Gasteiger partial charge in [-0.1, -0.05) is 14.9 Å². The van der Waals surface area contributed by atoms with E-state index in [1.165, 1.54) is 0 Å². The van der Waals surface area contributed by atoms with Crippen LogP contribution in [0.15, 0.2) is 0 Å². The van der Waals surface area contributed by atoms with Gasteiger partial charge in [0.25, 0.3) is 0 Å². The van der Waals surface area contributed by atoms with Crippen LogP contribution in [0.1, 0.15) is 55.4 Å². The normalized spacial score (nSPS) is 19.3. The van der Waals surface area contributed by atoms with E-state index < -0.39 is 0 Å². The average Bonchev–Trinajstić information content (AvgIpc) is 3.39. The fourth-order valence-electron chi connectivity index (χ4n) is 1.38. The van der Waals surface area contributed by atoms with Gasteiger partial charge in [-0.15, -0.1) is 0 Å². The van der Waals surface area contributed by atoms with Gasteiger partial charge in [-0.05, 0) is 0 Å². The molecule has 7 heteroatoms. The molecule has 0 amide bonds. The first-order chi connectivity index (χ1) is 10.7. The second-order valence-corrected chi connectivity index (χ2v) is 4.99. The standard InChI is InChI=1S/C7H14O2.C5H9O2.C5H9O.2CH4.2Y/c1-3-5-7(8)6-9-4-2;1-2-6-3-5-4-7-5;1-2-3-5-4-6-5;;;;/h3-4,7-8H,5-6H2,1-2H3;2,5H,3-4H2,1H3;2,5H,3-4H2,1H3;2*1H4;;/q-2;2*-1;;;;. The summed E-state index contributed by atoms with van der Waals surface area (Å²) < 4.78 is 19.5. The zero-order chi connectivity index (χ0) is 16.6. The van der Waals surface area contributed by atoms with Crippen molar-refractivity contribution in [2.24, 2.45) is 0 Å². The van der Waals surface area contributed by atoms with Gasteiger partial charge in [-0.2, -0.15) is 40.5 Å². The summed E-state index contributed by atoms with van der Waals surface area (Å²) in [5.41, 5.74) is 0. The van der Waals surface area contributed by atoms with Gasteiger partial charge in [0.1, 0.15) is 6.10 Å². The molecule has 2 rings (SSSR count). The third-order valence-corrected chi connectivity index (χ3v) is 2.72. The molecule has 156 valence electrons. The molecule has 2 saturated heterocycles. The van der Waals surface area contributed by atoms with Gasteiger partial charge in [-0.25, -0.2) is 13.2 Å². The fraction of sp³-hybridized carbons (Fsp3) is 0.789. The molecule has 0 aromatic heterocycles. The summed E-state index contributed by atoms with van der Waals surface area (Å²) in [7, 11) is 0. The van der Waals surface area contributed by atoms with E-state index in [-0.39, 0.29) is 86.4 Å². The molecule has 2 aliphatic rings. The molecule has 3 atom stereocenters. The maximum atomic E-state index is 9.00. The van der Waals surface area contributed by atoms with Gasteiger partial charge in [-0.3, -0.25) is 0 Å². The third-order valence-electron chi connectivity index (χ3n) is 2.72. The molecule has 2 aliphatic heterocycles. The van der Waals surface area contributed by atoms with Crippen molar-refractivity contribution in [3.8, 4) is 0 Å². The Morgan fingerprint density at radius 1 is 0.923 bits per heavy atom. The topological polar surface area (TPSA) is 63.8 Å². The molecule has 3 unspecified atom stereocenters. The van der Waals surface area contributed by atoms with E-state index in [9.17, 15) is 0 Å². The number of aliphatic hydroxyl groups is 1. The first-order valence-corrected chi connectivity index (χ1v) is 7.93. The SMILES string of the molecule is C.C.C[CH-]CC(O)CO[CH-]C.C[CH-]CC1CO1.C[CH-]OCC1CO1.[Y].[Y]. The van der Waals surface area contributed by atoms with Crippen molar-refractivity contribution in [3.63, 3.8) is 0 Å². The Morgan fingerprint density at radius 3 is 1.73 bits per heavy atom. The quantitative estimate of drug-likeness (QED) is 0.345. The first kappa shape index (κ1) is 38.6. The van der Waals surface area contributed by atoms with E-state index >= 15 is 0 Å². The van der Waals surface area contributed by atoms with Crippen LogP contribution in [0.25, 0.3) is 0 Å². The number of ether oxygens (including phenoxy) is 4. The number of hydrogen-bond acceptors (Lipinski definition) is 5. The van der Waals surface area contributed by atoms with Crippen LogP contribution in [-0.2, 0) is 84.4 Å². The van der Waals surface area contributed by atoms with Crippen molar-refractivity contribution in [1.82, 2.24) is 0 Å². The van der Waals surface area contributed by atoms with Crippen molar-refractivity contribution in [1.29, 1.82) is 0 Å². The summed E-state index contributed by atoms with van der Waals surface area (Å²) >= 11 is 0. The van der Waals surface area contributed by atoms with Gasteiger partial charge < -0.3 is 36.9 Å². The maximum Gasteiger partial charge on any atom is 0.101 e. The molecule has 1 N–H and O–H groups in total. The van der Waals surface area contributed by atoms with E-state index in [1.807, 2.05) is 20.3 Å². The molecule has 0 aromatic carbocycles. The van der Waals surface area contributed by atoms with E-state index in [0.29, 0.717) is 25.2 Å². The van der Waals surface area contributed by atoms with E-state index in [4.69, 9.17) is 24.1 Å². The van der Waals surface area contributed by atoms with Crippen molar-refractivity contribution < 1.29 is 89.5 Å². The monoisotopic (exact) mass is 526 g/mol. The molecule has 0 aliphatic carbocycles. The van der Waals surface area contributed by atoms with E-state index in [0.717, 1.165) is 26.2 Å². The van der Waals surface area contributed by atoms with Crippen molar-refractivity contribution in [2.75, 3.05) is 26.4 Å². The van der Waals surface area contributed by atoms with Crippen LogP contribution in [0, 0.1) is 26.1 Å². The summed E-state index contributed by atoms with van der Waals surface area (Å²) in [6, 6.07) is 0. The van der Waals surface area contributed by atoms with Crippen LogP contribution >= 0.6 is 0 Å². The van der Waals surface area contributed by atoms with Crippen molar-refractivity contribution in [3.05, 3.63) is 26.1 Å². The molecule has 26 heavy (non-hydrogen) atoms. The van der Waals surface area contributed by atoms with Crippen LogP contribution in [0.5, 0.6) is 0 Å². The Bertz CT molecular complexity index is 228. The Balaban J connectivity index is -0.0000000797. The number of epoxide rings is 2. The fourth-order valence-corrected chi connectivity index (χ4v) is 1.38. The Hall–Kier alpha value is 2.01. The van der Waals surface area contributed by atoms with Crippen LogP contribution in [0.2, 0.25) is 0 Å². The Labute approximate surface area is 213 Å². The Kier molecular flexibility index (Phi) is 43.4. The van der Waals surface area contributed by atoms with Gasteiger partial charge in [0.05, 0.1) is 19.3 Å². The van der Waals surface area contributed by atoms with Gasteiger partial charge in [0, 0.05) is 84.7 Å². The summed E-state index contributed by atoms with van der Waals surface area (Å²) in [5.74, 6) is 0. The van der Waals surface area contributed by atoms with Gasteiger partial charge in [0.15, 0.2) is 0 Å². The molecule has 0 spiro atoms. The molecule has 0 saturated carbocycles. The van der Waals surface area contributed by atoms with Crippen molar-refractivity contribution >= 4 is 0 Å². The van der Waals surface area contributed by atoms with Gasteiger partial charge >= 0.3 is 0 Å². The summed E-state index contributed by atoms with van der Waals surface area (Å²) in [5, 5.41) is 9.00. The zero-order valence-electron chi connectivity index (χ0n) is 15.5. The molecular formula is C19H40O5Y2-4. The minimum Gasteiger partial charge on any atom is -0.550 e. The minimum atomic E-state index is -0.341. The van der Waals surface area contributed by atoms with E-state index in [1.54, 1.807) is 20.1 Å². The van der Waals surface area contributed by atoms with Crippen molar-refractivity contribution in [2.45, 2.75) is 73.7 Å². The Morgan fingerprint density at radius 2 is 1.42 bits per heavy atom. The molecular weight excluding hydrogens is 486 g/mol. The van der Waals surface area contributed by atoms with Crippen LogP contribution in [-0.4, -0.2) is 49.8 Å². The summed E-state index contributed by atoms with van der Waals surface area (Å²) in [6.45, 7) is 13.9. The molecule has 5 nitrogen and oxygen atoms in total. The second kappa shape index (κ2) is 29.2. The average molecular weight is 526 g/mol. The number of hydrogen-bond donors (Lipinski definition) is 1. The third kappa shape index (κ3) is 33.6. The summed E-state index contributed by atoms with van der Waals surface area (Å²) in [4.78, 5) is 0.